The molecular formula is C27H19ClN4O3S. The van der Waals surface area contributed by atoms with Crippen molar-refractivity contribution in [2.75, 3.05) is 0 Å². The number of carbonyl (C=O) groups is 2. The second-order valence-corrected chi connectivity index (χ2v) is 8.79. The van der Waals surface area contributed by atoms with Crippen LogP contribution in [0.2, 0.25) is 5.02 Å². The molecule has 9 heteroatoms. The van der Waals surface area contributed by atoms with Gasteiger partial charge in [-0.3, -0.25) is 20.2 Å². The van der Waals surface area contributed by atoms with Crippen LogP contribution in [0.5, 0.6) is 5.75 Å². The van der Waals surface area contributed by atoms with E-state index in [4.69, 9.17) is 33.7 Å². The first-order chi connectivity index (χ1) is 17.5. The van der Waals surface area contributed by atoms with Crippen LogP contribution in [0.3, 0.4) is 0 Å². The summed E-state index contributed by atoms with van der Waals surface area (Å²) in [5.74, 6) is -0.434. The first-order valence-electron chi connectivity index (χ1n) is 11.0. The van der Waals surface area contributed by atoms with E-state index in [2.05, 4.69) is 10.6 Å². The van der Waals surface area contributed by atoms with Crippen LogP contribution >= 0.6 is 23.8 Å². The van der Waals surface area contributed by atoms with Gasteiger partial charge in [0.25, 0.3) is 11.8 Å². The van der Waals surface area contributed by atoms with Crippen LogP contribution in [-0.4, -0.2) is 26.7 Å². The summed E-state index contributed by atoms with van der Waals surface area (Å²) in [7, 11) is 0. The summed E-state index contributed by atoms with van der Waals surface area (Å²) in [6.07, 6.45) is 3.25. The van der Waals surface area contributed by atoms with Crippen LogP contribution < -0.4 is 15.4 Å². The van der Waals surface area contributed by atoms with Crippen LogP contribution in [0.4, 0.5) is 0 Å². The molecule has 0 bridgehead atoms. The maximum absolute atomic E-state index is 12.4. The van der Waals surface area contributed by atoms with E-state index in [0.29, 0.717) is 28.6 Å². The molecule has 4 aromatic rings. The molecule has 1 aliphatic heterocycles. The van der Waals surface area contributed by atoms with Gasteiger partial charge in [0.1, 0.15) is 17.9 Å². The lowest BCUT2D eigenvalue weighted by atomic mass is 10.0. The number of amides is 2. The summed E-state index contributed by atoms with van der Waals surface area (Å²) < 4.78 is 7.56. The predicted molar refractivity (Wildman–Crippen MR) is 142 cm³/mol. The monoisotopic (exact) mass is 514 g/mol. The third kappa shape index (κ3) is 5.19. The Morgan fingerprint density at radius 1 is 0.917 bits per heavy atom. The number of carbonyl (C=O) groups excluding carboxylic acids is 2. The average molecular weight is 515 g/mol. The molecule has 2 heterocycles. The molecule has 0 saturated carbocycles. The summed E-state index contributed by atoms with van der Waals surface area (Å²) in [5, 5.41) is 10.2. The summed E-state index contributed by atoms with van der Waals surface area (Å²) in [5.41, 5.74) is 3.72. The van der Waals surface area contributed by atoms with Crippen molar-refractivity contribution in [2.24, 2.45) is 0 Å². The van der Waals surface area contributed by atoms with Crippen molar-refractivity contribution in [2.45, 2.75) is 6.61 Å². The van der Waals surface area contributed by atoms with Gasteiger partial charge in [-0.05, 0) is 72.4 Å². The van der Waals surface area contributed by atoms with Crippen molar-refractivity contribution in [3.63, 3.8) is 0 Å². The zero-order valence-electron chi connectivity index (χ0n) is 18.8. The van der Waals surface area contributed by atoms with Crippen LogP contribution in [0.15, 0.2) is 90.6 Å². The molecule has 0 aliphatic carbocycles. The van der Waals surface area contributed by atoms with Crippen molar-refractivity contribution >= 4 is 46.8 Å². The van der Waals surface area contributed by atoms with Gasteiger partial charge < -0.3 is 4.74 Å². The lowest BCUT2D eigenvalue weighted by Crippen LogP contribution is -2.51. The maximum Gasteiger partial charge on any atom is 0.263 e. The highest BCUT2D eigenvalue weighted by Gasteiger charge is 2.26. The number of halogens is 1. The Morgan fingerprint density at radius 3 is 2.25 bits per heavy atom. The Labute approximate surface area is 217 Å². The third-order valence-corrected chi connectivity index (χ3v) is 5.91. The minimum Gasteiger partial charge on any atom is -0.489 e. The van der Waals surface area contributed by atoms with Crippen LogP contribution in [-0.2, 0) is 16.2 Å². The molecule has 1 aromatic heterocycles. The Bertz CT molecular complexity index is 1460. The maximum atomic E-state index is 12.4. The Hall–Kier alpha value is -4.27. The van der Waals surface area contributed by atoms with E-state index in [-0.39, 0.29) is 10.7 Å². The SMILES string of the molecule is O=C1NC(=S)NC(=O)C1=Cc1cn(-c2ccc(Cl)cc2)nc1-c1ccc(OCc2ccccc2)cc1. The highest BCUT2D eigenvalue weighted by molar-refractivity contribution is 7.80. The highest BCUT2D eigenvalue weighted by atomic mass is 35.5. The summed E-state index contributed by atoms with van der Waals surface area (Å²) in [6.45, 7) is 0.453. The molecular weight excluding hydrogens is 496 g/mol. The van der Waals surface area contributed by atoms with Gasteiger partial charge in [-0.2, -0.15) is 5.10 Å². The smallest absolute Gasteiger partial charge is 0.263 e. The number of hydrogen-bond donors (Lipinski definition) is 2. The molecule has 0 radical (unpaired) electrons. The fraction of sp³-hybridized carbons (Fsp3) is 0.0370. The fourth-order valence-corrected chi connectivity index (χ4v) is 3.97. The van der Waals surface area contributed by atoms with Gasteiger partial charge in [0.2, 0.25) is 0 Å². The van der Waals surface area contributed by atoms with Gasteiger partial charge in [-0.15, -0.1) is 0 Å². The average Bonchev–Trinajstić information content (AvgIpc) is 3.30. The molecule has 2 N–H and O–H groups in total. The zero-order chi connectivity index (χ0) is 25.1. The van der Waals surface area contributed by atoms with Gasteiger partial charge in [-0.1, -0.05) is 41.9 Å². The number of thiocarbonyl (C=S) groups is 1. The molecule has 0 spiro atoms. The molecule has 7 nitrogen and oxygen atoms in total. The van der Waals surface area contributed by atoms with Crippen molar-refractivity contribution in [3.8, 4) is 22.7 Å². The fourth-order valence-electron chi connectivity index (χ4n) is 3.66. The Balaban J connectivity index is 1.49. The quantitative estimate of drug-likeness (QED) is 0.221. The molecule has 1 aliphatic rings. The van der Waals surface area contributed by atoms with Crippen molar-refractivity contribution in [1.82, 2.24) is 20.4 Å². The Kier molecular flexibility index (Phi) is 6.62. The van der Waals surface area contributed by atoms with E-state index < -0.39 is 11.8 Å². The van der Waals surface area contributed by atoms with Crippen LogP contribution in [0.25, 0.3) is 23.0 Å². The van der Waals surface area contributed by atoms with Gasteiger partial charge in [0, 0.05) is 22.3 Å². The predicted octanol–water partition coefficient (Wildman–Crippen LogP) is 4.69. The summed E-state index contributed by atoms with van der Waals surface area (Å²) in [6, 6.07) is 24.6. The van der Waals surface area contributed by atoms with E-state index in [1.807, 2.05) is 66.7 Å². The summed E-state index contributed by atoms with van der Waals surface area (Å²) >= 11 is 10.9. The number of nitrogens with one attached hydrogen (secondary N) is 2. The first-order valence-corrected chi connectivity index (χ1v) is 11.8. The highest BCUT2D eigenvalue weighted by Crippen LogP contribution is 2.28. The standard InChI is InChI=1S/C27H19ClN4O3S/c28-20-8-10-21(11-9-20)32-15-19(14-23-25(33)29-27(36)30-26(23)34)24(31-32)18-6-12-22(13-7-18)35-16-17-4-2-1-3-5-17/h1-15H,16H2,(H2,29,30,33,34,36). The van der Waals surface area contributed by atoms with Gasteiger partial charge >= 0.3 is 0 Å². The molecule has 1 saturated heterocycles. The topological polar surface area (TPSA) is 85.3 Å². The molecule has 36 heavy (non-hydrogen) atoms. The van der Waals surface area contributed by atoms with Gasteiger partial charge in [0.05, 0.1) is 11.4 Å². The molecule has 0 atom stereocenters. The third-order valence-electron chi connectivity index (χ3n) is 5.45. The van der Waals surface area contributed by atoms with Crippen LogP contribution in [0.1, 0.15) is 11.1 Å². The number of rotatable bonds is 6. The number of hydrogen-bond acceptors (Lipinski definition) is 5. The lowest BCUT2D eigenvalue weighted by molar-refractivity contribution is -0.123. The van der Waals surface area contributed by atoms with E-state index in [1.54, 1.807) is 23.0 Å². The second kappa shape index (κ2) is 10.2. The molecule has 3 aromatic carbocycles. The number of benzene rings is 3. The largest absolute Gasteiger partial charge is 0.489 e. The summed E-state index contributed by atoms with van der Waals surface area (Å²) in [4.78, 5) is 24.9. The number of aromatic nitrogens is 2. The van der Waals surface area contributed by atoms with Gasteiger partial charge in [-0.25, -0.2) is 4.68 Å². The van der Waals surface area contributed by atoms with Gasteiger partial charge in [0.15, 0.2) is 5.11 Å². The molecule has 0 unspecified atom stereocenters. The molecule has 5 rings (SSSR count). The van der Waals surface area contributed by atoms with Crippen LogP contribution in [0, 0.1) is 0 Å². The second-order valence-electron chi connectivity index (χ2n) is 7.95. The number of ether oxygens (including phenoxy) is 1. The minimum atomic E-state index is -0.571. The van der Waals surface area contributed by atoms with E-state index in [0.717, 1.165) is 16.8 Å². The minimum absolute atomic E-state index is 0.0228. The molecule has 178 valence electrons. The first kappa shape index (κ1) is 23.5. The van der Waals surface area contributed by atoms with E-state index in [1.165, 1.54) is 6.08 Å². The van der Waals surface area contributed by atoms with Crippen molar-refractivity contribution in [1.29, 1.82) is 0 Å². The van der Waals surface area contributed by atoms with E-state index >= 15 is 0 Å². The zero-order valence-corrected chi connectivity index (χ0v) is 20.3. The Morgan fingerprint density at radius 2 is 1.58 bits per heavy atom. The van der Waals surface area contributed by atoms with Crippen molar-refractivity contribution in [3.05, 3.63) is 107 Å². The number of nitrogens with zero attached hydrogens (tertiary/aromatic N) is 2. The van der Waals surface area contributed by atoms with Crippen molar-refractivity contribution < 1.29 is 14.3 Å². The molecule has 2 amide bonds. The van der Waals surface area contributed by atoms with E-state index in [9.17, 15) is 9.59 Å². The normalized spacial score (nSPS) is 13.2. The lowest BCUT2D eigenvalue weighted by Gasteiger charge is -2.16. The molecule has 1 fully saturated rings.